The van der Waals surface area contributed by atoms with Gasteiger partial charge in [-0.25, -0.2) is 13.2 Å². The molecular formula is C17H18F2N2O5S. The van der Waals surface area contributed by atoms with Crippen LogP contribution in [0.25, 0.3) is 0 Å². The molecule has 3 rings (SSSR count). The minimum Gasteiger partial charge on any atom is -0.442 e. The highest BCUT2D eigenvalue weighted by Crippen LogP contribution is 2.29. The summed E-state index contributed by atoms with van der Waals surface area (Å²) >= 11 is 0. The van der Waals surface area contributed by atoms with Crippen LogP contribution in [-0.4, -0.2) is 51.8 Å². The van der Waals surface area contributed by atoms with Gasteiger partial charge in [0.1, 0.15) is 6.10 Å². The molecule has 0 saturated carbocycles. The SMILES string of the molecule is O=C(NC[C@H]1CN(c2ccc(C3C=CS(=O)(=O)CC3)cc2)C(=O)O1)C(F)F. The number of hydrogen-bond donors (Lipinski definition) is 1. The van der Waals surface area contributed by atoms with Crippen LogP contribution >= 0.6 is 0 Å². The summed E-state index contributed by atoms with van der Waals surface area (Å²) in [5.74, 6) is -1.32. The van der Waals surface area contributed by atoms with E-state index in [-0.39, 0.29) is 24.8 Å². The smallest absolute Gasteiger partial charge is 0.414 e. The maximum Gasteiger partial charge on any atom is 0.414 e. The Morgan fingerprint density at radius 1 is 1.30 bits per heavy atom. The molecule has 2 heterocycles. The maximum absolute atomic E-state index is 12.2. The highest BCUT2D eigenvalue weighted by Gasteiger charge is 2.33. The van der Waals surface area contributed by atoms with Gasteiger partial charge in [0.15, 0.2) is 9.84 Å². The fourth-order valence-electron chi connectivity index (χ4n) is 2.98. The summed E-state index contributed by atoms with van der Waals surface area (Å²) in [4.78, 5) is 24.2. The molecule has 1 unspecified atom stereocenters. The number of hydrogen-bond acceptors (Lipinski definition) is 5. The second-order valence-electron chi connectivity index (χ2n) is 6.34. The van der Waals surface area contributed by atoms with E-state index in [2.05, 4.69) is 0 Å². The molecule has 0 radical (unpaired) electrons. The summed E-state index contributed by atoms with van der Waals surface area (Å²) in [5.41, 5.74) is 1.50. The molecule has 0 aliphatic carbocycles. The molecule has 7 nitrogen and oxygen atoms in total. The molecular weight excluding hydrogens is 382 g/mol. The van der Waals surface area contributed by atoms with Crippen LogP contribution in [0.3, 0.4) is 0 Å². The number of amides is 2. The lowest BCUT2D eigenvalue weighted by molar-refractivity contribution is -0.132. The molecule has 1 N–H and O–H groups in total. The van der Waals surface area contributed by atoms with Crippen molar-refractivity contribution in [2.75, 3.05) is 23.7 Å². The third-order valence-electron chi connectivity index (χ3n) is 4.44. The summed E-state index contributed by atoms with van der Waals surface area (Å²) in [5, 5.41) is 3.25. The fraction of sp³-hybridized carbons (Fsp3) is 0.412. The van der Waals surface area contributed by atoms with Crippen molar-refractivity contribution in [1.82, 2.24) is 5.32 Å². The fourth-order valence-corrected chi connectivity index (χ4v) is 4.13. The quantitative estimate of drug-likeness (QED) is 0.814. The van der Waals surface area contributed by atoms with Crippen LogP contribution < -0.4 is 10.2 Å². The minimum atomic E-state index is -3.12. The second-order valence-corrected chi connectivity index (χ2v) is 8.35. The molecule has 0 aromatic heterocycles. The standard InChI is InChI=1S/C17H18F2N2O5S/c18-15(19)16(22)20-9-14-10-21(17(23)26-14)13-3-1-11(2-4-13)12-5-7-27(24,25)8-6-12/h1-5,7,12,14-15H,6,8-10H2,(H,20,22)/t12?,14-/m0/s1. The summed E-state index contributed by atoms with van der Waals surface area (Å²) in [6.07, 6.45) is -2.31. The maximum atomic E-state index is 12.2. The molecule has 2 aliphatic rings. The Balaban J connectivity index is 1.62. The average molecular weight is 400 g/mol. The lowest BCUT2D eigenvalue weighted by Crippen LogP contribution is -2.37. The summed E-state index contributed by atoms with van der Waals surface area (Å²) in [6.45, 7) is -0.0614. The number of allylic oxidation sites excluding steroid dienone is 1. The van der Waals surface area contributed by atoms with Gasteiger partial charge in [0.2, 0.25) is 0 Å². The van der Waals surface area contributed by atoms with E-state index >= 15 is 0 Å². The lowest BCUT2D eigenvalue weighted by atomic mass is 9.96. The van der Waals surface area contributed by atoms with Crippen LogP contribution in [0.2, 0.25) is 0 Å². The van der Waals surface area contributed by atoms with Crippen LogP contribution in [-0.2, 0) is 19.4 Å². The van der Waals surface area contributed by atoms with Crippen molar-refractivity contribution in [3.63, 3.8) is 0 Å². The molecule has 1 fully saturated rings. The number of carbonyl (C=O) groups is 2. The van der Waals surface area contributed by atoms with Crippen LogP contribution in [0, 0.1) is 0 Å². The molecule has 1 saturated heterocycles. The zero-order valence-electron chi connectivity index (χ0n) is 14.2. The molecule has 2 atom stereocenters. The number of ether oxygens (including phenoxy) is 1. The van der Waals surface area contributed by atoms with Crippen molar-refractivity contribution in [2.45, 2.75) is 24.9 Å². The number of rotatable bonds is 5. The lowest BCUT2D eigenvalue weighted by Gasteiger charge is -2.18. The van der Waals surface area contributed by atoms with Gasteiger partial charge in [-0.3, -0.25) is 9.69 Å². The van der Waals surface area contributed by atoms with Crippen molar-refractivity contribution in [1.29, 1.82) is 0 Å². The highest BCUT2D eigenvalue weighted by molar-refractivity contribution is 7.94. The van der Waals surface area contributed by atoms with Gasteiger partial charge in [-0.05, 0) is 24.1 Å². The number of sulfone groups is 1. The molecule has 2 aliphatic heterocycles. The van der Waals surface area contributed by atoms with Crippen molar-refractivity contribution in [3.05, 3.63) is 41.3 Å². The minimum absolute atomic E-state index is 0.00888. The highest BCUT2D eigenvalue weighted by atomic mass is 32.2. The number of anilines is 1. The van der Waals surface area contributed by atoms with E-state index in [1.54, 1.807) is 18.2 Å². The number of cyclic esters (lactones) is 1. The monoisotopic (exact) mass is 400 g/mol. The van der Waals surface area contributed by atoms with Crippen LogP contribution in [0.1, 0.15) is 17.9 Å². The normalized spacial score (nSPS) is 24.1. The topological polar surface area (TPSA) is 92.8 Å². The second kappa shape index (κ2) is 7.63. The zero-order chi connectivity index (χ0) is 19.6. The van der Waals surface area contributed by atoms with E-state index in [0.717, 1.165) is 5.56 Å². The number of alkyl halides is 2. The van der Waals surface area contributed by atoms with Gasteiger partial charge in [-0.1, -0.05) is 18.2 Å². The largest absolute Gasteiger partial charge is 0.442 e. The van der Waals surface area contributed by atoms with Crippen molar-refractivity contribution >= 4 is 27.5 Å². The molecule has 1 aromatic carbocycles. The van der Waals surface area contributed by atoms with E-state index in [4.69, 9.17) is 4.74 Å². The van der Waals surface area contributed by atoms with Crippen LogP contribution in [0.5, 0.6) is 0 Å². The van der Waals surface area contributed by atoms with E-state index in [1.165, 1.54) is 10.3 Å². The molecule has 2 amide bonds. The summed E-state index contributed by atoms with van der Waals surface area (Å²) < 4.78 is 52.3. The third-order valence-corrected chi connectivity index (χ3v) is 5.82. The first kappa shape index (κ1) is 19.3. The van der Waals surface area contributed by atoms with Gasteiger partial charge in [0.05, 0.1) is 18.8 Å². The Morgan fingerprint density at radius 3 is 2.59 bits per heavy atom. The predicted octanol–water partition coefficient (Wildman–Crippen LogP) is 1.81. The van der Waals surface area contributed by atoms with Crippen molar-refractivity contribution < 1.29 is 31.5 Å². The third kappa shape index (κ3) is 4.62. The van der Waals surface area contributed by atoms with Gasteiger partial charge >= 0.3 is 12.5 Å². The van der Waals surface area contributed by atoms with Gasteiger partial charge in [0.25, 0.3) is 5.91 Å². The zero-order valence-corrected chi connectivity index (χ0v) is 15.0. The van der Waals surface area contributed by atoms with Gasteiger partial charge < -0.3 is 10.1 Å². The first-order valence-corrected chi connectivity index (χ1v) is 10.0. The number of benzene rings is 1. The Bertz CT molecular complexity index is 855. The molecule has 27 heavy (non-hydrogen) atoms. The first-order chi connectivity index (χ1) is 12.7. The van der Waals surface area contributed by atoms with Gasteiger partial charge in [-0.15, -0.1) is 0 Å². The van der Waals surface area contributed by atoms with Gasteiger partial charge in [-0.2, -0.15) is 8.78 Å². The molecule has 1 aromatic rings. The average Bonchev–Trinajstić information content (AvgIpc) is 3.00. The van der Waals surface area contributed by atoms with E-state index in [9.17, 15) is 26.8 Å². The van der Waals surface area contributed by atoms with Crippen LogP contribution in [0.15, 0.2) is 35.7 Å². The van der Waals surface area contributed by atoms with Crippen molar-refractivity contribution in [3.8, 4) is 0 Å². The first-order valence-electron chi connectivity index (χ1n) is 8.30. The predicted molar refractivity (Wildman–Crippen MR) is 93.4 cm³/mol. The summed E-state index contributed by atoms with van der Waals surface area (Å²) in [7, 11) is -3.10. The Morgan fingerprint density at radius 2 is 2.00 bits per heavy atom. The van der Waals surface area contributed by atoms with Gasteiger partial charge in [0, 0.05) is 17.0 Å². The van der Waals surface area contributed by atoms with E-state index < -0.39 is 34.4 Å². The molecule has 146 valence electrons. The number of nitrogens with zero attached hydrogens (tertiary/aromatic N) is 1. The Kier molecular flexibility index (Phi) is 5.45. The molecule has 10 heteroatoms. The van der Waals surface area contributed by atoms with E-state index in [1.807, 2.05) is 17.4 Å². The Hall–Kier alpha value is -2.49. The van der Waals surface area contributed by atoms with E-state index in [0.29, 0.717) is 12.1 Å². The number of nitrogens with one attached hydrogen (secondary N) is 1. The summed E-state index contributed by atoms with van der Waals surface area (Å²) in [6, 6.07) is 7.05. The molecule has 0 spiro atoms. The molecule has 0 bridgehead atoms. The number of halogens is 2. The Labute approximate surface area is 154 Å². The van der Waals surface area contributed by atoms with Crippen molar-refractivity contribution in [2.24, 2.45) is 0 Å². The number of carbonyl (C=O) groups excluding carboxylic acids is 2. The van der Waals surface area contributed by atoms with Crippen LogP contribution in [0.4, 0.5) is 19.3 Å².